The van der Waals surface area contributed by atoms with Crippen molar-refractivity contribution in [2.45, 2.75) is 24.4 Å². The molecule has 4 rings (SSSR count). The van der Waals surface area contributed by atoms with Crippen molar-refractivity contribution in [3.05, 3.63) is 53.1 Å². The number of aliphatic hydroxyl groups excluding tert-OH is 1. The van der Waals surface area contributed by atoms with Crippen LogP contribution in [0.3, 0.4) is 0 Å². The first-order valence-electron chi connectivity index (χ1n) is 12.7. The third-order valence-corrected chi connectivity index (χ3v) is 6.56. The summed E-state index contributed by atoms with van der Waals surface area (Å²) in [4.78, 5) is 38.4. The second kappa shape index (κ2) is 12.8. The minimum absolute atomic E-state index is 0.305. The quantitative estimate of drug-likeness (QED) is 0.0936. The van der Waals surface area contributed by atoms with Gasteiger partial charge in [0.1, 0.15) is 18.8 Å². The molecule has 1 saturated heterocycles. The Labute approximate surface area is 251 Å². The maximum atomic E-state index is 13.1. The van der Waals surface area contributed by atoms with E-state index in [4.69, 9.17) is 23.7 Å². The number of phenols is 8. The summed E-state index contributed by atoms with van der Waals surface area (Å²) in [7, 11) is 1.15. The highest BCUT2D eigenvalue weighted by Crippen LogP contribution is 2.38. The Hall–Kier alpha value is -5.81. The maximum Gasteiger partial charge on any atom is 0.338 e. The van der Waals surface area contributed by atoms with Crippen molar-refractivity contribution < 1.29 is 84.0 Å². The normalized spacial score (nSPS) is 19.3. The number of hydrogen-bond acceptors (Lipinski definition) is 17. The van der Waals surface area contributed by atoms with Gasteiger partial charge in [-0.05, 0) is 36.4 Å². The Morgan fingerprint density at radius 2 is 1.13 bits per heavy atom. The second-order valence-electron chi connectivity index (χ2n) is 9.55. The molecule has 17 heteroatoms. The third-order valence-electron chi connectivity index (χ3n) is 6.56. The molecule has 45 heavy (non-hydrogen) atoms. The van der Waals surface area contributed by atoms with Gasteiger partial charge in [0.15, 0.2) is 58.2 Å². The predicted octanol–water partition coefficient (Wildman–Crippen LogP) is 0.708. The van der Waals surface area contributed by atoms with E-state index in [-0.39, 0.29) is 16.9 Å². The topological polar surface area (TPSA) is 279 Å². The molecule has 0 bridgehead atoms. The molecule has 0 aliphatic carbocycles. The average Bonchev–Trinajstić information content (AvgIpc) is 3.00. The molecule has 1 heterocycles. The Kier molecular flexibility index (Phi) is 9.15. The number of esters is 3. The number of hydrogen-bond donors (Lipinski definition) is 9. The number of carbonyl (C=O) groups is 3. The number of aliphatic hydroxyl groups is 1. The first kappa shape index (κ1) is 32.1. The third kappa shape index (κ3) is 6.73. The minimum Gasteiger partial charge on any atom is -0.504 e. The molecule has 1 aliphatic heterocycles. The van der Waals surface area contributed by atoms with Crippen molar-refractivity contribution in [1.29, 1.82) is 0 Å². The van der Waals surface area contributed by atoms with Gasteiger partial charge >= 0.3 is 17.9 Å². The van der Waals surface area contributed by atoms with E-state index in [1.54, 1.807) is 0 Å². The Morgan fingerprint density at radius 3 is 1.64 bits per heavy atom. The first-order valence-corrected chi connectivity index (χ1v) is 12.7. The highest BCUT2D eigenvalue weighted by atomic mass is 16.6. The van der Waals surface area contributed by atoms with Gasteiger partial charge in [-0.25, -0.2) is 14.4 Å². The fraction of sp³-hybridized carbons (Fsp3) is 0.250. The molecular weight excluding hydrogens is 608 g/mol. The molecule has 0 amide bonds. The number of rotatable bonds is 8. The van der Waals surface area contributed by atoms with Crippen molar-refractivity contribution in [2.24, 2.45) is 0 Å². The van der Waals surface area contributed by atoms with E-state index in [1.807, 2.05) is 0 Å². The van der Waals surface area contributed by atoms with Crippen LogP contribution in [0, 0.1) is 0 Å². The SMILES string of the molecule is COc1cc(C(=O)OC2C(OC(=O)c3cc(O)c(O)c(O)c3)COC(COC(=O)c3cc(O)c(O)c(O)c3)C2O)cc(O)c1O. The summed E-state index contributed by atoms with van der Waals surface area (Å²) in [6, 6.07) is 4.98. The smallest absolute Gasteiger partial charge is 0.338 e. The van der Waals surface area contributed by atoms with E-state index in [9.17, 15) is 60.3 Å². The zero-order valence-electron chi connectivity index (χ0n) is 23.0. The van der Waals surface area contributed by atoms with E-state index < -0.39 is 107 Å². The lowest BCUT2D eigenvalue weighted by molar-refractivity contribution is -0.196. The van der Waals surface area contributed by atoms with Gasteiger partial charge in [0, 0.05) is 0 Å². The number of aromatic hydroxyl groups is 8. The largest absolute Gasteiger partial charge is 0.504 e. The number of phenolic OH excluding ortho intramolecular Hbond substituents is 8. The molecule has 17 nitrogen and oxygen atoms in total. The molecule has 9 N–H and O–H groups in total. The van der Waals surface area contributed by atoms with Crippen LogP contribution in [-0.4, -0.2) is 109 Å². The lowest BCUT2D eigenvalue weighted by Gasteiger charge is -2.38. The molecule has 0 aromatic heterocycles. The monoisotopic (exact) mass is 634 g/mol. The van der Waals surface area contributed by atoms with Crippen molar-refractivity contribution in [3.8, 4) is 51.7 Å². The van der Waals surface area contributed by atoms with Crippen molar-refractivity contribution >= 4 is 17.9 Å². The average molecular weight is 634 g/mol. The number of methoxy groups -OCH3 is 1. The van der Waals surface area contributed by atoms with Crippen LogP contribution in [0.4, 0.5) is 0 Å². The molecule has 4 atom stereocenters. The summed E-state index contributed by atoms with van der Waals surface area (Å²) < 4.78 is 26.2. The molecule has 1 fully saturated rings. The standard InChI is InChI=1S/C28H26O17/c1-41-18-7-12(6-17(33)23(18)36)28(40)45-25-20(44-27(39)11-4-15(31)22(35)16(32)5-11)9-42-19(24(25)37)8-43-26(38)10-2-13(29)21(34)14(30)3-10/h2-7,19-20,24-25,29-37H,8-9H2,1H3. The number of benzene rings is 3. The summed E-state index contributed by atoms with van der Waals surface area (Å²) in [6.07, 6.45) is -6.61. The Morgan fingerprint density at radius 1 is 0.689 bits per heavy atom. The Bertz CT molecular complexity index is 1590. The summed E-state index contributed by atoms with van der Waals surface area (Å²) in [6.45, 7) is -1.28. The summed E-state index contributed by atoms with van der Waals surface area (Å²) in [5, 5.41) is 88.7. The number of ether oxygens (including phenoxy) is 5. The van der Waals surface area contributed by atoms with Crippen LogP contribution in [0.1, 0.15) is 31.1 Å². The molecular formula is C28H26O17. The minimum atomic E-state index is -1.87. The van der Waals surface area contributed by atoms with E-state index in [0.717, 1.165) is 43.5 Å². The second-order valence-corrected chi connectivity index (χ2v) is 9.55. The van der Waals surface area contributed by atoms with Gasteiger partial charge in [0.25, 0.3) is 0 Å². The molecule has 4 unspecified atom stereocenters. The fourth-order valence-corrected chi connectivity index (χ4v) is 4.19. The van der Waals surface area contributed by atoms with Crippen LogP contribution in [-0.2, 0) is 18.9 Å². The van der Waals surface area contributed by atoms with Gasteiger partial charge < -0.3 is 69.6 Å². The van der Waals surface area contributed by atoms with Gasteiger partial charge in [0.05, 0.1) is 30.4 Å². The summed E-state index contributed by atoms with van der Waals surface area (Å²) in [5.41, 5.74) is -1.20. The van der Waals surface area contributed by atoms with Crippen LogP contribution in [0.25, 0.3) is 0 Å². The van der Waals surface area contributed by atoms with Crippen molar-refractivity contribution in [1.82, 2.24) is 0 Å². The van der Waals surface area contributed by atoms with Crippen molar-refractivity contribution in [3.63, 3.8) is 0 Å². The zero-order valence-corrected chi connectivity index (χ0v) is 23.0. The van der Waals surface area contributed by atoms with E-state index in [0.29, 0.717) is 0 Å². The maximum absolute atomic E-state index is 13.1. The first-order chi connectivity index (χ1) is 21.2. The van der Waals surface area contributed by atoms with Crippen LogP contribution < -0.4 is 4.74 Å². The lowest BCUT2D eigenvalue weighted by atomic mass is 9.99. The van der Waals surface area contributed by atoms with Gasteiger partial charge in [-0.1, -0.05) is 0 Å². The zero-order chi connectivity index (χ0) is 33.2. The van der Waals surface area contributed by atoms with Crippen LogP contribution >= 0.6 is 0 Å². The van der Waals surface area contributed by atoms with Crippen LogP contribution in [0.15, 0.2) is 36.4 Å². The molecule has 0 radical (unpaired) electrons. The molecule has 240 valence electrons. The fourth-order valence-electron chi connectivity index (χ4n) is 4.19. The highest BCUT2D eigenvalue weighted by molar-refractivity contribution is 5.92. The molecule has 0 spiro atoms. The number of carbonyl (C=O) groups excluding carboxylic acids is 3. The molecule has 3 aromatic carbocycles. The van der Waals surface area contributed by atoms with Gasteiger partial charge in [-0.15, -0.1) is 0 Å². The summed E-state index contributed by atoms with van der Waals surface area (Å²) in [5.74, 6) is -10.4. The Balaban J connectivity index is 1.57. The van der Waals surface area contributed by atoms with Crippen molar-refractivity contribution in [2.75, 3.05) is 20.3 Å². The van der Waals surface area contributed by atoms with Gasteiger partial charge in [-0.3, -0.25) is 0 Å². The lowest BCUT2D eigenvalue weighted by Crippen LogP contribution is -2.57. The van der Waals surface area contributed by atoms with E-state index in [1.165, 1.54) is 0 Å². The van der Waals surface area contributed by atoms with Crippen LogP contribution in [0.2, 0.25) is 0 Å². The van der Waals surface area contributed by atoms with Gasteiger partial charge in [-0.2, -0.15) is 0 Å². The summed E-state index contributed by atoms with van der Waals surface area (Å²) >= 11 is 0. The molecule has 0 saturated carbocycles. The molecule has 1 aliphatic rings. The van der Waals surface area contributed by atoms with E-state index in [2.05, 4.69) is 0 Å². The highest BCUT2D eigenvalue weighted by Gasteiger charge is 2.45. The molecule has 3 aromatic rings. The van der Waals surface area contributed by atoms with E-state index >= 15 is 0 Å². The van der Waals surface area contributed by atoms with Crippen LogP contribution in [0.5, 0.6) is 51.7 Å². The van der Waals surface area contributed by atoms with Gasteiger partial charge in [0.2, 0.25) is 5.75 Å². The predicted molar refractivity (Wildman–Crippen MR) is 144 cm³/mol.